The Morgan fingerprint density at radius 3 is 2.55 bits per heavy atom. The molecule has 156 valence electrons. The average Bonchev–Trinajstić information content (AvgIpc) is 3.21. The summed E-state index contributed by atoms with van der Waals surface area (Å²) in [4.78, 5) is 26.5. The maximum Gasteiger partial charge on any atom is 0.289 e. The van der Waals surface area contributed by atoms with Gasteiger partial charge in [0.25, 0.3) is 11.8 Å². The average molecular weight is 399 g/mol. The number of nitrogens with one attached hydrogen (secondary N) is 1. The first-order valence-electron chi connectivity index (χ1n) is 10.1. The first-order chi connectivity index (χ1) is 13.7. The Morgan fingerprint density at radius 2 is 1.93 bits per heavy atom. The molecule has 0 atom stereocenters. The molecule has 0 radical (unpaired) electrons. The van der Waals surface area contributed by atoms with Crippen LogP contribution in [0.15, 0.2) is 41.0 Å². The molecule has 1 aliphatic rings. The molecule has 1 aliphatic heterocycles. The number of rotatable bonds is 5. The lowest BCUT2D eigenvalue weighted by molar-refractivity contribution is -0.124. The Labute approximate surface area is 172 Å². The van der Waals surface area contributed by atoms with Gasteiger partial charge in [-0.15, -0.1) is 0 Å². The molecule has 6 heteroatoms. The maximum atomic E-state index is 12.4. The molecule has 0 saturated carbocycles. The zero-order chi connectivity index (χ0) is 21.0. The van der Waals surface area contributed by atoms with E-state index in [2.05, 4.69) is 39.1 Å². The highest BCUT2D eigenvalue weighted by molar-refractivity contribution is 5.91. The van der Waals surface area contributed by atoms with E-state index in [1.807, 2.05) is 12.1 Å². The van der Waals surface area contributed by atoms with Crippen LogP contribution in [0.25, 0.3) is 0 Å². The van der Waals surface area contributed by atoms with Crippen molar-refractivity contribution in [1.82, 2.24) is 10.2 Å². The number of benzene rings is 1. The number of furan rings is 1. The second-order valence-electron chi connectivity index (χ2n) is 8.65. The van der Waals surface area contributed by atoms with Crippen LogP contribution in [0.2, 0.25) is 0 Å². The van der Waals surface area contributed by atoms with Crippen LogP contribution in [0.3, 0.4) is 0 Å². The van der Waals surface area contributed by atoms with Gasteiger partial charge in [0.05, 0.1) is 6.26 Å². The Kier molecular flexibility index (Phi) is 6.30. The number of aryl methyl sites for hydroxylation is 1. The van der Waals surface area contributed by atoms with Crippen molar-refractivity contribution in [2.45, 2.75) is 52.0 Å². The van der Waals surface area contributed by atoms with Crippen molar-refractivity contribution in [3.05, 3.63) is 53.5 Å². The van der Waals surface area contributed by atoms with Crippen LogP contribution < -0.4 is 10.1 Å². The smallest absolute Gasteiger partial charge is 0.289 e. The molecule has 0 unspecified atom stereocenters. The minimum atomic E-state index is -0.138. The van der Waals surface area contributed by atoms with Crippen LogP contribution in [0.5, 0.6) is 5.75 Å². The minimum Gasteiger partial charge on any atom is -0.483 e. The Hall–Kier alpha value is -2.76. The monoisotopic (exact) mass is 398 g/mol. The van der Waals surface area contributed by atoms with Gasteiger partial charge in [-0.1, -0.05) is 38.5 Å². The van der Waals surface area contributed by atoms with E-state index in [1.165, 1.54) is 11.8 Å². The summed E-state index contributed by atoms with van der Waals surface area (Å²) in [5, 5.41) is 3.03. The maximum absolute atomic E-state index is 12.4. The molecule has 2 amide bonds. The summed E-state index contributed by atoms with van der Waals surface area (Å²) < 4.78 is 11.0. The van der Waals surface area contributed by atoms with Gasteiger partial charge in [0.2, 0.25) is 0 Å². The van der Waals surface area contributed by atoms with Gasteiger partial charge in [-0.3, -0.25) is 9.59 Å². The van der Waals surface area contributed by atoms with Crippen LogP contribution in [0, 0.1) is 6.92 Å². The third-order valence-electron chi connectivity index (χ3n) is 5.18. The van der Waals surface area contributed by atoms with Gasteiger partial charge >= 0.3 is 0 Å². The van der Waals surface area contributed by atoms with E-state index in [9.17, 15) is 9.59 Å². The van der Waals surface area contributed by atoms with Gasteiger partial charge in [0.15, 0.2) is 12.4 Å². The molecule has 1 fully saturated rings. The van der Waals surface area contributed by atoms with Gasteiger partial charge in [-0.2, -0.15) is 0 Å². The van der Waals surface area contributed by atoms with E-state index in [1.54, 1.807) is 17.0 Å². The highest BCUT2D eigenvalue weighted by Gasteiger charge is 2.26. The summed E-state index contributed by atoms with van der Waals surface area (Å²) in [5.41, 5.74) is 2.20. The second-order valence-corrected chi connectivity index (χ2v) is 8.65. The summed E-state index contributed by atoms with van der Waals surface area (Å²) in [7, 11) is 0. The fourth-order valence-electron chi connectivity index (χ4n) is 3.55. The molecule has 0 spiro atoms. The summed E-state index contributed by atoms with van der Waals surface area (Å²) in [6.07, 6.45) is 2.94. The standard InChI is InChI=1S/C23H30N2O4/c1-16-7-8-19(18(14-16)23(2,3)4)29-15-21(26)24-17-9-11-25(12-10-17)22(27)20-6-5-13-28-20/h5-8,13-14,17H,9-12,15H2,1-4H3,(H,24,26). The number of carbonyl (C=O) groups excluding carboxylic acids is 2. The number of piperidine rings is 1. The van der Waals surface area contributed by atoms with Crippen molar-refractivity contribution in [3.8, 4) is 5.75 Å². The van der Waals surface area contributed by atoms with Gasteiger partial charge in [-0.25, -0.2) is 0 Å². The van der Waals surface area contributed by atoms with Crippen LogP contribution >= 0.6 is 0 Å². The topological polar surface area (TPSA) is 71.8 Å². The van der Waals surface area contributed by atoms with Crippen LogP contribution in [-0.4, -0.2) is 42.5 Å². The molecule has 3 rings (SSSR count). The number of hydrogen-bond acceptors (Lipinski definition) is 4. The molecule has 1 N–H and O–H groups in total. The lowest BCUT2D eigenvalue weighted by atomic mass is 9.85. The second kappa shape index (κ2) is 8.72. The SMILES string of the molecule is Cc1ccc(OCC(=O)NC2CCN(C(=O)c3ccco3)CC2)c(C(C)(C)C)c1. The quantitative estimate of drug-likeness (QED) is 0.834. The normalized spacial score (nSPS) is 15.2. The Morgan fingerprint density at radius 1 is 1.21 bits per heavy atom. The van der Waals surface area contributed by atoms with Crippen molar-refractivity contribution in [3.63, 3.8) is 0 Å². The van der Waals surface area contributed by atoms with Crippen molar-refractivity contribution >= 4 is 11.8 Å². The lowest BCUT2D eigenvalue weighted by Gasteiger charge is -2.32. The van der Waals surface area contributed by atoms with Gasteiger partial charge in [0, 0.05) is 19.1 Å². The molecule has 0 bridgehead atoms. The third kappa shape index (κ3) is 5.40. The summed E-state index contributed by atoms with van der Waals surface area (Å²) in [6, 6.07) is 9.46. The van der Waals surface area contributed by atoms with Crippen LogP contribution in [0.1, 0.15) is 55.3 Å². The molecular formula is C23H30N2O4. The Bertz CT molecular complexity index is 844. The number of likely N-dealkylation sites (tertiary alicyclic amines) is 1. The number of nitrogens with zero attached hydrogens (tertiary/aromatic N) is 1. The predicted octanol–water partition coefficient (Wildman–Crippen LogP) is 3.69. The van der Waals surface area contributed by atoms with Crippen LogP contribution in [-0.2, 0) is 10.2 Å². The highest BCUT2D eigenvalue weighted by atomic mass is 16.5. The summed E-state index contributed by atoms with van der Waals surface area (Å²) >= 11 is 0. The molecule has 1 aromatic carbocycles. The van der Waals surface area contributed by atoms with Gasteiger partial charge in [-0.05, 0) is 48.9 Å². The zero-order valence-corrected chi connectivity index (χ0v) is 17.7. The molecule has 0 aliphatic carbocycles. The third-order valence-corrected chi connectivity index (χ3v) is 5.18. The summed E-state index contributed by atoms with van der Waals surface area (Å²) in [6.45, 7) is 9.62. The van der Waals surface area contributed by atoms with Crippen molar-refractivity contribution in [2.75, 3.05) is 19.7 Å². The molecule has 2 heterocycles. The highest BCUT2D eigenvalue weighted by Crippen LogP contribution is 2.32. The zero-order valence-electron chi connectivity index (χ0n) is 17.7. The van der Waals surface area contributed by atoms with Crippen LogP contribution in [0.4, 0.5) is 0 Å². The van der Waals surface area contributed by atoms with Gasteiger partial charge in [0.1, 0.15) is 5.75 Å². The minimum absolute atomic E-state index is 0.0162. The molecule has 1 aromatic heterocycles. The fourth-order valence-corrected chi connectivity index (χ4v) is 3.55. The first-order valence-corrected chi connectivity index (χ1v) is 10.1. The lowest BCUT2D eigenvalue weighted by Crippen LogP contribution is -2.47. The van der Waals surface area contributed by atoms with Crippen molar-refractivity contribution in [2.24, 2.45) is 0 Å². The number of amides is 2. The number of carbonyl (C=O) groups is 2. The van der Waals surface area contributed by atoms with E-state index in [0.717, 1.165) is 24.2 Å². The number of hydrogen-bond donors (Lipinski definition) is 1. The van der Waals surface area contributed by atoms with Crippen molar-refractivity contribution < 1.29 is 18.7 Å². The summed E-state index contributed by atoms with van der Waals surface area (Å²) in [5.74, 6) is 0.865. The van der Waals surface area contributed by atoms with E-state index in [-0.39, 0.29) is 29.9 Å². The van der Waals surface area contributed by atoms with E-state index in [4.69, 9.17) is 9.15 Å². The Balaban J connectivity index is 1.48. The number of ether oxygens (including phenoxy) is 1. The molecular weight excluding hydrogens is 368 g/mol. The molecule has 2 aromatic rings. The first kappa shape index (κ1) is 21.0. The largest absolute Gasteiger partial charge is 0.483 e. The van der Waals surface area contributed by atoms with Gasteiger partial charge < -0.3 is 19.4 Å². The predicted molar refractivity (Wildman–Crippen MR) is 111 cm³/mol. The van der Waals surface area contributed by atoms with E-state index < -0.39 is 0 Å². The molecule has 1 saturated heterocycles. The van der Waals surface area contributed by atoms with E-state index >= 15 is 0 Å². The van der Waals surface area contributed by atoms with E-state index in [0.29, 0.717) is 18.8 Å². The molecule has 29 heavy (non-hydrogen) atoms. The van der Waals surface area contributed by atoms with Crippen molar-refractivity contribution in [1.29, 1.82) is 0 Å². The fraction of sp³-hybridized carbons (Fsp3) is 0.478. The molecule has 6 nitrogen and oxygen atoms in total.